The zero-order valence-corrected chi connectivity index (χ0v) is 15.5. The Morgan fingerprint density at radius 1 is 1.18 bits per heavy atom. The monoisotopic (exact) mass is 404 g/mol. The van der Waals surface area contributed by atoms with Gasteiger partial charge in [0, 0.05) is 5.02 Å². The number of ether oxygens (including phenoxy) is 2. The molecule has 0 atom stereocenters. The number of rotatable bonds is 7. The third-order valence-corrected chi connectivity index (χ3v) is 3.47. The van der Waals surface area contributed by atoms with Gasteiger partial charge in [-0.3, -0.25) is 14.4 Å². The molecule has 0 bridgehead atoms. The van der Waals surface area contributed by atoms with Crippen LogP contribution in [0.3, 0.4) is 0 Å². The van der Waals surface area contributed by atoms with Crippen molar-refractivity contribution in [2.45, 2.75) is 0 Å². The Labute approximate surface area is 165 Å². The number of amides is 3. The molecular weight excluding hydrogens is 388 g/mol. The van der Waals surface area contributed by atoms with Gasteiger partial charge in [0.15, 0.2) is 6.61 Å². The molecule has 28 heavy (non-hydrogen) atoms. The van der Waals surface area contributed by atoms with Gasteiger partial charge in [-0.1, -0.05) is 23.7 Å². The molecule has 2 rings (SSSR count). The lowest BCUT2D eigenvalue weighted by molar-refractivity contribution is -0.136. The van der Waals surface area contributed by atoms with Gasteiger partial charge in [-0.05, 0) is 35.9 Å². The Bertz CT molecular complexity index is 917. The van der Waals surface area contributed by atoms with E-state index >= 15 is 0 Å². The van der Waals surface area contributed by atoms with Crippen molar-refractivity contribution in [2.75, 3.05) is 19.0 Å². The summed E-state index contributed by atoms with van der Waals surface area (Å²) in [5.41, 5.74) is 7.93. The summed E-state index contributed by atoms with van der Waals surface area (Å²) in [6, 6.07) is 11.1. The molecule has 0 saturated carbocycles. The van der Waals surface area contributed by atoms with Gasteiger partial charge in [0.1, 0.15) is 11.5 Å². The number of hydrazone groups is 1. The van der Waals surface area contributed by atoms with Gasteiger partial charge in [-0.25, -0.2) is 5.43 Å². The van der Waals surface area contributed by atoms with E-state index in [-0.39, 0.29) is 12.3 Å². The Hall–Kier alpha value is -3.59. The van der Waals surface area contributed by atoms with E-state index in [1.54, 1.807) is 36.4 Å². The second kappa shape index (κ2) is 9.93. The van der Waals surface area contributed by atoms with Crippen molar-refractivity contribution in [3.8, 4) is 11.5 Å². The van der Waals surface area contributed by atoms with Crippen molar-refractivity contribution in [3.05, 3.63) is 53.1 Å². The second-order valence-corrected chi connectivity index (χ2v) is 5.76. The van der Waals surface area contributed by atoms with E-state index in [2.05, 4.69) is 15.8 Å². The highest BCUT2D eigenvalue weighted by Crippen LogP contribution is 2.27. The minimum absolute atomic E-state index is 0.249. The molecule has 146 valence electrons. The van der Waals surface area contributed by atoms with Crippen LogP contribution < -0.4 is 25.9 Å². The third-order valence-electron chi connectivity index (χ3n) is 3.23. The zero-order chi connectivity index (χ0) is 20.5. The molecule has 2 aromatic carbocycles. The largest absolute Gasteiger partial charge is 0.495 e. The van der Waals surface area contributed by atoms with Crippen LogP contribution in [-0.2, 0) is 14.4 Å². The highest BCUT2D eigenvalue weighted by molar-refractivity contribution is 6.40. The lowest BCUT2D eigenvalue weighted by Crippen LogP contribution is -2.32. The number of nitrogens with one attached hydrogen (secondary N) is 2. The fourth-order valence-electron chi connectivity index (χ4n) is 2.01. The number of nitrogens with two attached hydrogens (primary N) is 1. The van der Waals surface area contributed by atoms with Gasteiger partial charge < -0.3 is 20.5 Å². The van der Waals surface area contributed by atoms with E-state index in [0.717, 1.165) is 0 Å². The summed E-state index contributed by atoms with van der Waals surface area (Å²) in [6.07, 6.45) is 1.31. The molecular formula is C18H17ClN4O5. The first kappa shape index (κ1) is 20.7. The third kappa shape index (κ3) is 6.29. The van der Waals surface area contributed by atoms with Gasteiger partial charge in [0.05, 0.1) is 19.0 Å². The van der Waals surface area contributed by atoms with E-state index in [4.69, 9.17) is 26.8 Å². The molecule has 0 radical (unpaired) electrons. The number of anilines is 1. The summed E-state index contributed by atoms with van der Waals surface area (Å²) in [6.45, 7) is -0.259. The highest BCUT2D eigenvalue weighted by Gasteiger charge is 2.15. The SMILES string of the molecule is COc1ccc(Cl)cc1NC(=O)C(=O)N/N=C/c1cccc(OCC(N)=O)c1. The quantitative estimate of drug-likeness (QED) is 0.363. The van der Waals surface area contributed by atoms with Crippen molar-refractivity contribution >= 4 is 41.2 Å². The molecule has 0 heterocycles. The molecule has 0 spiro atoms. The van der Waals surface area contributed by atoms with Crippen molar-refractivity contribution < 1.29 is 23.9 Å². The van der Waals surface area contributed by atoms with Crippen molar-refractivity contribution in [1.82, 2.24) is 5.43 Å². The van der Waals surface area contributed by atoms with Gasteiger partial charge >= 0.3 is 11.8 Å². The predicted molar refractivity (Wildman–Crippen MR) is 104 cm³/mol. The Kier molecular flexibility index (Phi) is 7.35. The zero-order valence-electron chi connectivity index (χ0n) is 14.8. The first-order valence-electron chi connectivity index (χ1n) is 7.88. The maximum atomic E-state index is 12.0. The van der Waals surface area contributed by atoms with Crippen LogP contribution >= 0.6 is 11.6 Å². The van der Waals surface area contributed by atoms with E-state index in [1.807, 2.05) is 0 Å². The molecule has 0 fully saturated rings. The maximum absolute atomic E-state index is 12.0. The van der Waals surface area contributed by atoms with Gasteiger partial charge in [-0.15, -0.1) is 0 Å². The molecule has 10 heteroatoms. The van der Waals surface area contributed by atoms with Crippen LogP contribution in [0.2, 0.25) is 5.02 Å². The number of nitrogens with zero attached hydrogens (tertiary/aromatic N) is 1. The van der Waals surface area contributed by atoms with Crippen molar-refractivity contribution in [3.63, 3.8) is 0 Å². The molecule has 4 N–H and O–H groups in total. The normalized spacial score (nSPS) is 10.4. The summed E-state index contributed by atoms with van der Waals surface area (Å²) >= 11 is 5.87. The molecule has 0 aliphatic carbocycles. The van der Waals surface area contributed by atoms with E-state index in [9.17, 15) is 14.4 Å². The molecule has 0 unspecified atom stereocenters. The minimum atomic E-state index is -0.987. The number of hydrogen-bond acceptors (Lipinski definition) is 6. The first-order chi connectivity index (χ1) is 13.4. The fraction of sp³-hybridized carbons (Fsp3) is 0.111. The number of benzene rings is 2. The molecule has 0 saturated heterocycles. The standard InChI is InChI=1S/C18H17ClN4O5/c1-27-15-6-5-12(19)8-14(15)22-17(25)18(26)23-21-9-11-3-2-4-13(7-11)28-10-16(20)24/h2-9H,10H2,1H3,(H2,20,24)(H,22,25)(H,23,26)/b21-9+. The number of halogens is 1. The van der Waals surface area contributed by atoms with E-state index in [1.165, 1.54) is 19.4 Å². The van der Waals surface area contributed by atoms with Crippen LogP contribution in [0, 0.1) is 0 Å². The molecule has 2 aromatic rings. The highest BCUT2D eigenvalue weighted by atomic mass is 35.5. The predicted octanol–water partition coefficient (Wildman–Crippen LogP) is 1.30. The molecule has 9 nitrogen and oxygen atoms in total. The smallest absolute Gasteiger partial charge is 0.329 e. The summed E-state index contributed by atoms with van der Waals surface area (Å²) in [5, 5.41) is 6.47. The number of carbonyl (C=O) groups is 3. The average Bonchev–Trinajstić information content (AvgIpc) is 2.67. The fourth-order valence-corrected chi connectivity index (χ4v) is 2.18. The molecule has 0 aliphatic heterocycles. The minimum Gasteiger partial charge on any atom is -0.495 e. The lowest BCUT2D eigenvalue weighted by Gasteiger charge is -2.09. The average molecular weight is 405 g/mol. The van der Waals surface area contributed by atoms with Crippen LogP contribution in [-0.4, -0.2) is 37.7 Å². The van der Waals surface area contributed by atoms with Crippen molar-refractivity contribution in [1.29, 1.82) is 0 Å². The van der Waals surface area contributed by atoms with Crippen LogP contribution in [0.15, 0.2) is 47.6 Å². The summed E-state index contributed by atoms with van der Waals surface area (Å²) in [5.74, 6) is -1.79. The Morgan fingerprint density at radius 2 is 1.96 bits per heavy atom. The second-order valence-electron chi connectivity index (χ2n) is 5.33. The lowest BCUT2D eigenvalue weighted by atomic mass is 10.2. The summed E-state index contributed by atoms with van der Waals surface area (Å²) in [7, 11) is 1.42. The van der Waals surface area contributed by atoms with Gasteiger partial charge in [0.2, 0.25) is 0 Å². The molecule has 0 aromatic heterocycles. The summed E-state index contributed by atoms with van der Waals surface area (Å²) < 4.78 is 10.3. The first-order valence-corrected chi connectivity index (χ1v) is 8.26. The number of carbonyl (C=O) groups excluding carboxylic acids is 3. The maximum Gasteiger partial charge on any atom is 0.329 e. The summed E-state index contributed by atoms with van der Waals surface area (Å²) in [4.78, 5) is 34.6. The van der Waals surface area contributed by atoms with E-state index in [0.29, 0.717) is 22.1 Å². The Morgan fingerprint density at radius 3 is 2.68 bits per heavy atom. The number of methoxy groups -OCH3 is 1. The van der Waals surface area contributed by atoms with Gasteiger partial charge in [-0.2, -0.15) is 5.10 Å². The van der Waals surface area contributed by atoms with Crippen LogP contribution in [0.25, 0.3) is 0 Å². The van der Waals surface area contributed by atoms with Crippen LogP contribution in [0.4, 0.5) is 5.69 Å². The van der Waals surface area contributed by atoms with Crippen molar-refractivity contribution in [2.24, 2.45) is 10.8 Å². The Balaban J connectivity index is 1.94. The van der Waals surface area contributed by atoms with Crippen LogP contribution in [0.1, 0.15) is 5.56 Å². The number of hydrogen-bond donors (Lipinski definition) is 3. The topological polar surface area (TPSA) is 132 Å². The molecule has 0 aliphatic rings. The van der Waals surface area contributed by atoms with Gasteiger partial charge in [0.25, 0.3) is 5.91 Å². The molecule has 3 amide bonds. The van der Waals surface area contributed by atoms with E-state index < -0.39 is 17.7 Å². The van der Waals surface area contributed by atoms with Crippen LogP contribution in [0.5, 0.6) is 11.5 Å². The number of primary amides is 1.